The van der Waals surface area contributed by atoms with Crippen LogP contribution in [0.15, 0.2) is 42.5 Å². The van der Waals surface area contributed by atoms with Crippen LogP contribution in [-0.4, -0.2) is 81.3 Å². The molecule has 2 fully saturated rings. The highest BCUT2D eigenvalue weighted by atomic mass is 16.5. The first-order valence-electron chi connectivity index (χ1n) is 14.7. The molecule has 0 unspecified atom stereocenters. The number of amides is 2. The van der Waals surface area contributed by atoms with Crippen LogP contribution >= 0.6 is 0 Å². The van der Waals surface area contributed by atoms with Crippen LogP contribution in [0, 0.1) is 12.8 Å². The predicted molar refractivity (Wildman–Crippen MR) is 162 cm³/mol. The number of hydrogen-bond donors (Lipinski definition) is 2. The summed E-state index contributed by atoms with van der Waals surface area (Å²) in [5, 5.41) is 7.18. The molecule has 0 radical (unpaired) electrons. The van der Waals surface area contributed by atoms with Crippen LogP contribution < -0.4 is 15.5 Å². The van der Waals surface area contributed by atoms with Crippen molar-refractivity contribution >= 4 is 23.4 Å². The Hall–Kier alpha value is -3.10. The molecule has 8 heteroatoms. The SMILES string of the molecule is COC(=O)N(C)CCc1cccc(NC2CCC(C(=O)N(C)c3ccc(CN4CCN[C@@H](C)C4)c(C)c3)CC2)c1. The molecule has 1 saturated carbocycles. The molecule has 0 aromatic heterocycles. The second kappa shape index (κ2) is 14.0. The van der Waals surface area contributed by atoms with Crippen molar-refractivity contribution in [2.24, 2.45) is 5.92 Å². The van der Waals surface area contributed by atoms with E-state index in [4.69, 9.17) is 4.74 Å². The van der Waals surface area contributed by atoms with Crippen LogP contribution in [-0.2, 0) is 22.5 Å². The molecule has 4 rings (SSSR count). The Labute approximate surface area is 240 Å². The first-order chi connectivity index (χ1) is 19.2. The fourth-order valence-corrected chi connectivity index (χ4v) is 5.94. The molecule has 2 N–H and O–H groups in total. The molecule has 1 aliphatic carbocycles. The molecule has 1 saturated heterocycles. The lowest BCUT2D eigenvalue weighted by Crippen LogP contribution is -2.48. The topological polar surface area (TPSA) is 77.2 Å². The summed E-state index contributed by atoms with van der Waals surface area (Å²) < 4.78 is 4.77. The van der Waals surface area contributed by atoms with Gasteiger partial charge in [-0.3, -0.25) is 9.69 Å². The van der Waals surface area contributed by atoms with Crippen LogP contribution in [0.1, 0.15) is 49.3 Å². The Bertz CT molecular complexity index is 1150. The zero-order valence-electron chi connectivity index (χ0n) is 24.9. The second-order valence-corrected chi connectivity index (χ2v) is 11.6. The Kier molecular flexibility index (Phi) is 10.5. The number of ether oxygens (including phenoxy) is 1. The first kappa shape index (κ1) is 29.9. The van der Waals surface area contributed by atoms with Crippen LogP contribution in [0.2, 0.25) is 0 Å². The van der Waals surface area contributed by atoms with E-state index < -0.39 is 0 Å². The van der Waals surface area contributed by atoms with Crippen molar-refractivity contribution in [3.05, 3.63) is 59.2 Å². The van der Waals surface area contributed by atoms with Crippen molar-refractivity contribution in [2.75, 3.05) is 57.6 Å². The monoisotopic (exact) mass is 549 g/mol. The smallest absolute Gasteiger partial charge is 0.409 e. The summed E-state index contributed by atoms with van der Waals surface area (Å²) in [5.41, 5.74) is 5.83. The number of hydrogen-bond acceptors (Lipinski definition) is 6. The van der Waals surface area contributed by atoms with Gasteiger partial charge in [0.2, 0.25) is 5.91 Å². The lowest BCUT2D eigenvalue weighted by atomic mass is 9.85. The number of piperazine rings is 1. The predicted octanol–water partition coefficient (Wildman–Crippen LogP) is 4.66. The summed E-state index contributed by atoms with van der Waals surface area (Å²) in [5.74, 6) is 0.281. The number of likely N-dealkylation sites (N-methyl/N-ethyl adjacent to an activating group) is 1. The van der Waals surface area contributed by atoms with Gasteiger partial charge in [-0.2, -0.15) is 0 Å². The maximum atomic E-state index is 13.4. The Morgan fingerprint density at radius 3 is 2.58 bits per heavy atom. The number of aryl methyl sites for hydroxylation is 1. The number of rotatable bonds is 9. The van der Waals surface area contributed by atoms with Gasteiger partial charge in [-0.25, -0.2) is 4.79 Å². The Morgan fingerprint density at radius 1 is 1.10 bits per heavy atom. The molecule has 2 amide bonds. The summed E-state index contributed by atoms with van der Waals surface area (Å²) in [6.07, 6.45) is 4.18. The van der Waals surface area contributed by atoms with E-state index in [1.807, 2.05) is 11.9 Å². The zero-order chi connectivity index (χ0) is 28.6. The molecule has 0 spiro atoms. The van der Waals surface area contributed by atoms with Gasteiger partial charge in [0.25, 0.3) is 0 Å². The van der Waals surface area contributed by atoms with Crippen LogP contribution in [0.4, 0.5) is 16.2 Å². The molecule has 0 bridgehead atoms. The molecule has 2 aliphatic rings. The van der Waals surface area contributed by atoms with Gasteiger partial charge in [0.05, 0.1) is 7.11 Å². The van der Waals surface area contributed by atoms with Crippen molar-refractivity contribution < 1.29 is 14.3 Å². The molecule has 1 atom stereocenters. The lowest BCUT2D eigenvalue weighted by molar-refractivity contribution is -0.123. The molecule has 218 valence electrons. The minimum absolute atomic E-state index is 0.0607. The van der Waals surface area contributed by atoms with Gasteiger partial charge in [0, 0.05) is 76.2 Å². The van der Waals surface area contributed by atoms with Crippen LogP contribution in [0.25, 0.3) is 0 Å². The lowest BCUT2D eigenvalue weighted by Gasteiger charge is -2.33. The van der Waals surface area contributed by atoms with Crippen molar-refractivity contribution in [1.29, 1.82) is 0 Å². The molecule has 1 heterocycles. The number of carbonyl (C=O) groups excluding carboxylic acids is 2. The van der Waals surface area contributed by atoms with Crippen molar-refractivity contribution in [3.8, 4) is 0 Å². The number of benzene rings is 2. The van der Waals surface area contributed by atoms with Gasteiger partial charge in [0.15, 0.2) is 0 Å². The fourth-order valence-electron chi connectivity index (χ4n) is 5.94. The quantitative estimate of drug-likeness (QED) is 0.474. The first-order valence-corrected chi connectivity index (χ1v) is 14.7. The fraction of sp³-hybridized carbons (Fsp3) is 0.562. The highest BCUT2D eigenvalue weighted by Gasteiger charge is 2.29. The zero-order valence-corrected chi connectivity index (χ0v) is 24.9. The number of methoxy groups -OCH3 is 1. The third-order valence-electron chi connectivity index (χ3n) is 8.49. The number of anilines is 2. The molecule has 1 aliphatic heterocycles. The van der Waals surface area contributed by atoms with E-state index in [1.165, 1.54) is 23.8 Å². The molecule has 2 aromatic rings. The van der Waals surface area contributed by atoms with E-state index in [0.717, 1.165) is 69.7 Å². The minimum Gasteiger partial charge on any atom is -0.453 e. The molecular formula is C32H47N5O3. The summed E-state index contributed by atoms with van der Waals surface area (Å²) in [6, 6.07) is 15.7. The van der Waals surface area contributed by atoms with E-state index in [2.05, 4.69) is 71.8 Å². The van der Waals surface area contributed by atoms with Crippen molar-refractivity contribution in [3.63, 3.8) is 0 Å². The molecule has 8 nitrogen and oxygen atoms in total. The van der Waals surface area contributed by atoms with E-state index in [-0.39, 0.29) is 17.9 Å². The number of carbonyl (C=O) groups is 2. The average molecular weight is 550 g/mol. The maximum absolute atomic E-state index is 13.4. The number of nitrogens with zero attached hydrogens (tertiary/aromatic N) is 3. The molecular weight excluding hydrogens is 502 g/mol. The molecule has 40 heavy (non-hydrogen) atoms. The summed E-state index contributed by atoms with van der Waals surface area (Å²) in [4.78, 5) is 31.0. The van der Waals surface area contributed by atoms with E-state index in [9.17, 15) is 9.59 Å². The largest absolute Gasteiger partial charge is 0.453 e. The third kappa shape index (κ3) is 7.98. The highest BCUT2D eigenvalue weighted by Crippen LogP contribution is 2.30. The van der Waals surface area contributed by atoms with Gasteiger partial charge >= 0.3 is 6.09 Å². The average Bonchev–Trinajstić information content (AvgIpc) is 2.96. The van der Waals surface area contributed by atoms with E-state index >= 15 is 0 Å². The second-order valence-electron chi connectivity index (χ2n) is 11.6. The highest BCUT2D eigenvalue weighted by molar-refractivity contribution is 5.94. The van der Waals surface area contributed by atoms with Crippen LogP contribution in [0.5, 0.6) is 0 Å². The van der Waals surface area contributed by atoms with Crippen molar-refractivity contribution in [2.45, 2.75) is 64.6 Å². The Morgan fingerprint density at radius 2 is 1.88 bits per heavy atom. The van der Waals surface area contributed by atoms with Crippen molar-refractivity contribution in [1.82, 2.24) is 15.1 Å². The van der Waals surface area contributed by atoms with E-state index in [0.29, 0.717) is 18.6 Å². The van der Waals surface area contributed by atoms with Gasteiger partial charge in [-0.15, -0.1) is 0 Å². The van der Waals surface area contributed by atoms with Gasteiger partial charge in [-0.1, -0.05) is 18.2 Å². The van der Waals surface area contributed by atoms with Gasteiger partial charge < -0.3 is 25.2 Å². The molecule has 2 aromatic carbocycles. The maximum Gasteiger partial charge on any atom is 0.409 e. The summed E-state index contributed by atoms with van der Waals surface area (Å²) >= 11 is 0. The van der Waals surface area contributed by atoms with Crippen LogP contribution in [0.3, 0.4) is 0 Å². The number of nitrogens with one attached hydrogen (secondary N) is 2. The summed E-state index contributed by atoms with van der Waals surface area (Å²) in [7, 11) is 5.07. The third-order valence-corrected chi connectivity index (χ3v) is 8.49. The van der Waals surface area contributed by atoms with Gasteiger partial charge in [-0.05, 0) is 86.9 Å². The normalized spacial score (nSPS) is 21.5. The standard InChI is InChI=1S/C32H47N5O3/c1-23-19-30(14-11-27(23)22-37-18-16-33-24(2)21-37)36(4)31(38)26-9-12-28(13-10-26)34-29-8-6-7-25(20-29)15-17-35(3)32(39)40-5/h6-8,11,14,19-20,24,26,28,33-34H,9-10,12-13,15-18,21-22H2,1-5H3/t24-,26?,28?/m0/s1. The Balaban J connectivity index is 1.26. The van der Waals surface area contributed by atoms with Gasteiger partial charge in [0.1, 0.15) is 0 Å². The summed E-state index contributed by atoms with van der Waals surface area (Å²) in [6.45, 7) is 9.13. The minimum atomic E-state index is -0.320. The van der Waals surface area contributed by atoms with E-state index in [1.54, 1.807) is 11.9 Å².